The summed E-state index contributed by atoms with van der Waals surface area (Å²) in [4.78, 5) is 14.5. The monoisotopic (exact) mass is 668 g/mol. The second-order valence-electron chi connectivity index (χ2n) is 13.8. The van der Waals surface area contributed by atoms with Gasteiger partial charge in [-0.2, -0.15) is 0 Å². The first-order valence-corrected chi connectivity index (χ1v) is 18.1. The zero-order valence-corrected chi connectivity index (χ0v) is 28.7. The third-order valence-electron chi connectivity index (χ3n) is 10.7. The zero-order valence-electron chi connectivity index (χ0n) is 28.7. The Labute approximate surface area is 304 Å². The first-order chi connectivity index (χ1) is 25.8. The molecule has 0 N–H and O–H groups in total. The summed E-state index contributed by atoms with van der Waals surface area (Å²) in [7, 11) is 0. The molecule has 0 saturated heterocycles. The van der Waals surface area contributed by atoms with E-state index in [4.69, 9.17) is 9.97 Å². The Morgan fingerprint density at radius 2 is 0.981 bits per heavy atom. The number of benzene rings is 5. The Kier molecular flexibility index (Phi) is 7.38. The fraction of sp³-hybridized carbons (Fsp3) is 0.0833. The maximum absolute atomic E-state index is 4.81. The standard InChI is InChI=1S/C48H36N4/c1-5-13-45-37(9-1)29-38-10-2-6-14-46(38)51(45)41-21-17-33(18-22-41)43-31-35(25-27-49-43)36-26-28-50-44(32-36)34-19-23-42(24-20-34)52-47-15-7-3-11-39(47)30-40-12-4-8-16-48(40)52/h1-23,25-28,31-32,42H,24,29-30H2. The molecule has 0 spiro atoms. The van der Waals surface area contributed by atoms with E-state index in [9.17, 15) is 0 Å². The maximum atomic E-state index is 4.81. The third kappa shape index (κ3) is 5.32. The van der Waals surface area contributed by atoms with E-state index in [-0.39, 0.29) is 6.04 Å². The van der Waals surface area contributed by atoms with Gasteiger partial charge in [0.2, 0.25) is 0 Å². The first kappa shape index (κ1) is 30.3. The molecular weight excluding hydrogens is 633 g/mol. The molecule has 1 atom stereocenters. The number of pyridine rings is 2. The smallest absolute Gasteiger partial charge is 0.0708 e. The summed E-state index contributed by atoms with van der Waals surface area (Å²) in [6.07, 6.45) is 13.6. The molecule has 5 aromatic carbocycles. The SMILES string of the molecule is C1=CC(N2c3ccccc3Cc3ccccc32)CC=C1c1cc(-c2ccnc(-c3ccc(N4c5ccccc5Cc5ccccc54)cc3)c2)ccn1. The van der Waals surface area contributed by atoms with Crippen LogP contribution in [0.3, 0.4) is 0 Å². The van der Waals surface area contributed by atoms with Crippen LogP contribution in [0.15, 0.2) is 176 Å². The normalized spacial score (nSPS) is 15.6. The molecule has 0 saturated carbocycles. The molecule has 0 radical (unpaired) electrons. The highest BCUT2D eigenvalue weighted by molar-refractivity contribution is 5.85. The van der Waals surface area contributed by atoms with Crippen molar-refractivity contribution in [1.29, 1.82) is 0 Å². The summed E-state index contributed by atoms with van der Waals surface area (Å²) < 4.78 is 0. The van der Waals surface area contributed by atoms with Crippen molar-refractivity contribution in [2.24, 2.45) is 0 Å². The summed E-state index contributed by atoms with van der Waals surface area (Å²) in [6.45, 7) is 0. The van der Waals surface area contributed by atoms with Crippen molar-refractivity contribution in [2.75, 3.05) is 9.80 Å². The summed E-state index contributed by atoms with van der Waals surface area (Å²) in [5, 5.41) is 0. The summed E-state index contributed by atoms with van der Waals surface area (Å²) in [6, 6.07) is 52.7. The lowest BCUT2D eigenvalue weighted by Gasteiger charge is -2.38. The van der Waals surface area contributed by atoms with Crippen LogP contribution in [0, 0.1) is 0 Å². The summed E-state index contributed by atoms with van der Waals surface area (Å²) >= 11 is 0. The third-order valence-corrected chi connectivity index (χ3v) is 10.7. The maximum Gasteiger partial charge on any atom is 0.0708 e. The lowest BCUT2D eigenvalue weighted by atomic mass is 9.91. The Morgan fingerprint density at radius 3 is 1.54 bits per heavy atom. The summed E-state index contributed by atoms with van der Waals surface area (Å²) in [5.41, 5.74) is 18.1. The summed E-state index contributed by atoms with van der Waals surface area (Å²) in [5.74, 6) is 0. The van der Waals surface area contributed by atoms with Gasteiger partial charge in [-0.1, -0.05) is 103 Å². The van der Waals surface area contributed by atoms with Gasteiger partial charge in [0.25, 0.3) is 0 Å². The van der Waals surface area contributed by atoms with Crippen LogP contribution in [0.1, 0.15) is 34.4 Å². The van der Waals surface area contributed by atoms with Gasteiger partial charge in [0.05, 0.1) is 17.4 Å². The van der Waals surface area contributed by atoms with Crippen LogP contribution in [0.4, 0.5) is 28.4 Å². The van der Waals surface area contributed by atoms with Crippen LogP contribution in [-0.2, 0) is 12.8 Å². The van der Waals surface area contributed by atoms with E-state index in [1.807, 2.05) is 12.4 Å². The van der Waals surface area contributed by atoms with Gasteiger partial charge in [-0.3, -0.25) is 9.97 Å². The van der Waals surface area contributed by atoms with Crippen LogP contribution >= 0.6 is 0 Å². The quantitative estimate of drug-likeness (QED) is 0.183. The second kappa shape index (κ2) is 12.7. The molecule has 2 aliphatic heterocycles. The van der Waals surface area contributed by atoms with Gasteiger partial charge in [-0.05, 0) is 106 Å². The van der Waals surface area contributed by atoms with Crippen LogP contribution in [0.5, 0.6) is 0 Å². The first-order valence-electron chi connectivity index (χ1n) is 18.1. The minimum Gasteiger partial charge on any atom is -0.334 e. The van der Waals surface area contributed by atoms with E-state index in [2.05, 4.69) is 174 Å². The van der Waals surface area contributed by atoms with Gasteiger partial charge in [0.15, 0.2) is 0 Å². The fourth-order valence-electron chi connectivity index (χ4n) is 8.16. The van der Waals surface area contributed by atoms with Crippen LogP contribution in [0.2, 0.25) is 0 Å². The molecule has 0 bridgehead atoms. The van der Waals surface area contributed by atoms with Crippen molar-refractivity contribution < 1.29 is 0 Å². The molecule has 10 rings (SSSR count). The Bertz CT molecular complexity index is 2440. The van der Waals surface area contributed by atoms with Crippen molar-refractivity contribution in [1.82, 2.24) is 9.97 Å². The van der Waals surface area contributed by atoms with Crippen molar-refractivity contribution in [2.45, 2.75) is 25.3 Å². The Hall–Kier alpha value is -6.52. The Morgan fingerprint density at radius 1 is 0.481 bits per heavy atom. The highest BCUT2D eigenvalue weighted by Gasteiger charge is 2.28. The number of hydrogen-bond donors (Lipinski definition) is 0. The molecule has 1 unspecified atom stereocenters. The molecule has 3 aliphatic rings. The molecule has 2 aromatic heterocycles. The van der Waals surface area contributed by atoms with Gasteiger partial charge >= 0.3 is 0 Å². The highest BCUT2D eigenvalue weighted by atomic mass is 15.2. The molecule has 4 heteroatoms. The van der Waals surface area contributed by atoms with Crippen molar-refractivity contribution in [3.05, 3.63) is 204 Å². The van der Waals surface area contributed by atoms with Crippen LogP contribution < -0.4 is 9.80 Å². The zero-order chi connectivity index (χ0) is 34.4. The number of rotatable bonds is 5. The van der Waals surface area contributed by atoms with Crippen molar-refractivity contribution >= 4 is 34.0 Å². The molecule has 7 aromatic rings. The molecule has 4 heterocycles. The number of aromatic nitrogens is 2. The predicted octanol–water partition coefficient (Wildman–Crippen LogP) is 11.6. The van der Waals surface area contributed by atoms with E-state index in [0.29, 0.717) is 0 Å². The van der Waals surface area contributed by atoms with Crippen molar-refractivity contribution in [3.63, 3.8) is 0 Å². The second-order valence-corrected chi connectivity index (χ2v) is 13.8. The highest BCUT2D eigenvalue weighted by Crippen LogP contribution is 2.44. The Balaban J connectivity index is 0.905. The van der Waals surface area contributed by atoms with E-state index in [0.717, 1.165) is 58.6 Å². The minimum atomic E-state index is 0.239. The molecular formula is C48H36N4. The minimum absolute atomic E-state index is 0.239. The van der Waals surface area contributed by atoms with E-state index >= 15 is 0 Å². The number of nitrogens with zero attached hydrogens (tertiary/aromatic N) is 4. The van der Waals surface area contributed by atoms with Gasteiger partial charge in [0, 0.05) is 59.2 Å². The van der Waals surface area contributed by atoms with Crippen LogP contribution in [0.25, 0.3) is 28.0 Å². The molecule has 0 fully saturated rings. The van der Waals surface area contributed by atoms with Crippen molar-refractivity contribution in [3.8, 4) is 22.4 Å². The number of para-hydroxylation sites is 4. The largest absolute Gasteiger partial charge is 0.334 e. The average molecular weight is 669 g/mol. The van der Waals surface area contributed by atoms with Crippen LogP contribution in [-0.4, -0.2) is 16.0 Å². The molecule has 1 aliphatic carbocycles. The lowest BCUT2D eigenvalue weighted by Crippen LogP contribution is -2.33. The van der Waals surface area contributed by atoms with Gasteiger partial charge in [0.1, 0.15) is 0 Å². The van der Waals surface area contributed by atoms with E-state index in [1.165, 1.54) is 45.0 Å². The molecule has 4 nitrogen and oxygen atoms in total. The van der Waals surface area contributed by atoms with E-state index < -0.39 is 0 Å². The number of anilines is 5. The number of hydrogen-bond acceptors (Lipinski definition) is 4. The molecule has 248 valence electrons. The number of allylic oxidation sites excluding steroid dienone is 2. The predicted molar refractivity (Wildman–Crippen MR) is 214 cm³/mol. The molecule has 0 amide bonds. The van der Waals surface area contributed by atoms with E-state index in [1.54, 1.807) is 0 Å². The number of fused-ring (bicyclic) bond motifs is 4. The van der Waals surface area contributed by atoms with Gasteiger partial charge in [-0.15, -0.1) is 0 Å². The molecule has 52 heavy (non-hydrogen) atoms. The average Bonchev–Trinajstić information content (AvgIpc) is 3.22. The lowest BCUT2D eigenvalue weighted by molar-refractivity contribution is 0.771. The van der Waals surface area contributed by atoms with Gasteiger partial charge < -0.3 is 9.80 Å². The van der Waals surface area contributed by atoms with Gasteiger partial charge in [-0.25, -0.2) is 0 Å². The fourth-order valence-corrected chi connectivity index (χ4v) is 8.16. The topological polar surface area (TPSA) is 32.3 Å².